The second-order valence-corrected chi connectivity index (χ2v) is 4.73. The number of fused-ring (bicyclic) bond motifs is 1. The van der Waals surface area contributed by atoms with Crippen molar-refractivity contribution in [3.63, 3.8) is 0 Å². The first-order valence-corrected chi connectivity index (χ1v) is 5.83. The maximum atomic E-state index is 10.8. The number of benzene rings is 1. The molecule has 0 amide bonds. The molecule has 3 rings (SSSR count). The molecular weight excluding hydrogens is 186 g/mol. The molecule has 0 bridgehead atoms. The summed E-state index contributed by atoms with van der Waals surface area (Å²) in [6, 6.07) is 10.5. The molecule has 2 heterocycles. The van der Waals surface area contributed by atoms with Crippen molar-refractivity contribution in [2.45, 2.75) is 30.9 Å². The van der Waals surface area contributed by atoms with Gasteiger partial charge in [-0.3, -0.25) is 4.90 Å². The van der Waals surface area contributed by atoms with E-state index in [1.165, 1.54) is 13.0 Å². The maximum absolute atomic E-state index is 10.8. The first-order chi connectivity index (χ1) is 7.31. The molecule has 1 aromatic carbocycles. The third kappa shape index (κ3) is 1.32. The molecular formula is C13H17NO. The van der Waals surface area contributed by atoms with Crippen molar-refractivity contribution in [1.29, 1.82) is 0 Å². The van der Waals surface area contributed by atoms with Crippen molar-refractivity contribution in [2.75, 3.05) is 13.1 Å². The van der Waals surface area contributed by atoms with Gasteiger partial charge in [0.2, 0.25) is 0 Å². The quantitative estimate of drug-likeness (QED) is 0.751. The first-order valence-electron chi connectivity index (χ1n) is 5.83. The fraction of sp³-hybridized carbons (Fsp3) is 0.538. The van der Waals surface area contributed by atoms with E-state index >= 15 is 0 Å². The zero-order chi connectivity index (χ0) is 10.3. The number of hydrogen-bond acceptors (Lipinski definition) is 2. The summed E-state index contributed by atoms with van der Waals surface area (Å²) < 4.78 is 0. The van der Waals surface area contributed by atoms with Crippen molar-refractivity contribution < 1.29 is 5.11 Å². The molecule has 0 saturated carbocycles. The van der Waals surface area contributed by atoms with Crippen LogP contribution in [0.2, 0.25) is 0 Å². The Bertz CT molecular complexity index is 351. The van der Waals surface area contributed by atoms with E-state index in [2.05, 4.69) is 17.0 Å². The number of aliphatic hydroxyl groups is 1. The van der Waals surface area contributed by atoms with E-state index in [0.29, 0.717) is 6.04 Å². The second-order valence-electron chi connectivity index (χ2n) is 4.73. The molecule has 2 nitrogen and oxygen atoms in total. The lowest BCUT2D eigenvalue weighted by Gasteiger charge is -2.30. The van der Waals surface area contributed by atoms with Gasteiger partial charge in [0.05, 0.1) is 0 Å². The van der Waals surface area contributed by atoms with Gasteiger partial charge in [0, 0.05) is 12.6 Å². The van der Waals surface area contributed by atoms with Crippen LogP contribution < -0.4 is 0 Å². The van der Waals surface area contributed by atoms with Crippen LogP contribution in [0.4, 0.5) is 0 Å². The van der Waals surface area contributed by atoms with Crippen LogP contribution in [-0.2, 0) is 5.60 Å². The Morgan fingerprint density at radius 2 is 2.00 bits per heavy atom. The van der Waals surface area contributed by atoms with Crippen LogP contribution in [0.1, 0.15) is 24.8 Å². The van der Waals surface area contributed by atoms with E-state index in [-0.39, 0.29) is 0 Å². The standard InChI is InChI=1S/C13H17NO/c15-13(11-5-2-1-3-6-11)8-10-14-9-4-7-12(13)14/h1-3,5-6,12,15H,4,7-10H2. The SMILES string of the molecule is OC1(c2ccccc2)CCN2CCCC21. The van der Waals surface area contributed by atoms with Crippen LogP contribution in [0, 0.1) is 0 Å². The van der Waals surface area contributed by atoms with Crippen molar-refractivity contribution in [3.05, 3.63) is 35.9 Å². The molecule has 2 fully saturated rings. The van der Waals surface area contributed by atoms with Crippen LogP contribution in [0.15, 0.2) is 30.3 Å². The summed E-state index contributed by atoms with van der Waals surface area (Å²) in [5.74, 6) is 0. The fourth-order valence-corrected chi connectivity index (χ4v) is 3.18. The highest BCUT2D eigenvalue weighted by Gasteiger charge is 2.48. The monoisotopic (exact) mass is 203 g/mol. The van der Waals surface area contributed by atoms with E-state index in [0.717, 1.165) is 24.9 Å². The molecule has 2 saturated heterocycles. The third-order valence-electron chi connectivity index (χ3n) is 3.97. The van der Waals surface area contributed by atoms with Gasteiger partial charge in [0.15, 0.2) is 0 Å². The molecule has 0 aliphatic carbocycles. The molecule has 2 heteroatoms. The van der Waals surface area contributed by atoms with Crippen molar-refractivity contribution in [3.8, 4) is 0 Å². The summed E-state index contributed by atoms with van der Waals surface area (Å²) in [5, 5.41) is 10.8. The predicted octanol–water partition coefficient (Wildman–Crippen LogP) is 1.74. The topological polar surface area (TPSA) is 23.5 Å². The molecule has 15 heavy (non-hydrogen) atoms. The van der Waals surface area contributed by atoms with E-state index in [4.69, 9.17) is 0 Å². The molecule has 2 unspecified atom stereocenters. The molecule has 2 atom stereocenters. The summed E-state index contributed by atoms with van der Waals surface area (Å²) >= 11 is 0. The van der Waals surface area contributed by atoms with Crippen molar-refractivity contribution in [1.82, 2.24) is 4.90 Å². The summed E-state index contributed by atoms with van der Waals surface area (Å²) in [7, 11) is 0. The summed E-state index contributed by atoms with van der Waals surface area (Å²) in [4.78, 5) is 2.44. The van der Waals surface area contributed by atoms with Gasteiger partial charge in [-0.1, -0.05) is 30.3 Å². The number of hydrogen-bond donors (Lipinski definition) is 1. The van der Waals surface area contributed by atoms with Crippen LogP contribution in [-0.4, -0.2) is 29.1 Å². The summed E-state index contributed by atoms with van der Waals surface area (Å²) in [5.41, 5.74) is 0.511. The lowest BCUT2D eigenvalue weighted by atomic mass is 9.85. The van der Waals surface area contributed by atoms with Gasteiger partial charge in [-0.25, -0.2) is 0 Å². The highest BCUT2D eigenvalue weighted by Crippen LogP contribution is 2.42. The molecule has 0 radical (unpaired) electrons. The molecule has 2 aliphatic heterocycles. The molecule has 80 valence electrons. The van der Waals surface area contributed by atoms with Crippen LogP contribution in [0.3, 0.4) is 0 Å². The van der Waals surface area contributed by atoms with Crippen LogP contribution >= 0.6 is 0 Å². The van der Waals surface area contributed by atoms with Gasteiger partial charge >= 0.3 is 0 Å². The zero-order valence-electron chi connectivity index (χ0n) is 8.89. The van der Waals surface area contributed by atoms with Gasteiger partial charge in [-0.05, 0) is 31.4 Å². The number of rotatable bonds is 1. The molecule has 1 N–H and O–H groups in total. The molecule has 0 spiro atoms. The minimum Gasteiger partial charge on any atom is -0.383 e. The van der Waals surface area contributed by atoms with E-state index in [1.54, 1.807) is 0 Å². The fourth-order valence-electron chi connectivity index (χ4n) is 3.18. The Kier molecular flexibility index (Phi) is 2.08. The Balaban J connectivity index is 1.97. The Morgan fingerprint density at radius 3 is 2.80 bits per heavy atom. The van der Waals surface area contributed by atoms with Crippen LogP contribution in [0.25, 0.3) is 0 Å². The molecule has 0 aromatic heterocycles. The zero-order valence-corrected chi connectivity index (χ0v) is 8.89. The van der Waals surface area contributed by atoms with Gasteiger partial charge in [0.1, 0.15) is 5.60 Å². The minimum atomic E-state index is -0.586. The smallest absolute Gasteiger partial charge is 0.106 e. The lowest BCUT2D eigenvalue weighted by Crippen LogP contribution is -2.38. The van der Waals surface area contributed by atoms with Crippen molar-refractivity contribution >= 4 is 0 Å². The summed E-state index contributed by atoms with van der Waals surface area (Å²) in [6.07, 6.45) is 3.27. The third-order valence-corrected chi connectivity index (χ3v) is 3.97. The van der Waals surface area contributed by atoms with E-state index in [9.17, 15) is 5.11 Å². The van der Waals surface area contributed by atoms with Crippen molar-refractivity contribution in [2.24, 2.45) is 0 Å². The van der Waals surface area contributed by atoms with Gasteiger partial charge < -0.3 is 5.11 Å². The minimum absolute atomic E-state index is 0.361. The van der Waals surface area contributed by atoms with E-state index in [1.807, 2.05) is 18.2 Å². The number of nitrogens with zero attached hydrogens (tertiary/aromatic N) is 1. The molecule has 2 aliphatic rings. The van der Waals surface area contributed by atoms with Crippen LogP contribution in [0.5, 0.6) is 0 Å². The largest absolute Gasteiger partial charge is 0.383 e. The Labute approximate surface area is 90.5 Å². The Hall–Kier alpha value is -0.860. The maximum Gasteiger partial charge on any atom is 0.106 e. The lowest BCUT2D eigenvalue weighted by molar-refractivity contribution is 0.00938. The highest BCUT2D eigenvalue weighted by molar-refractivity contribution is 5.26. The molecule has 1 aromatic rings. The second kappa shape index (κ2) is 3.32. The van der Waals surface area contributed by atoms with Gasteiger partial charge in [-0.2, -0.15) is 0 Å². The normalized spacial score (nSPS) is 35.7. The average molecular weight is 203 g/mol. The van der Waals surface area contributed by atoms with E-state index < -0.39 is 5.60 Å². The van der Waals surface area contributed by atoms with Gasteiger partial charge in [-0.15, -0.1) is 0 Å². The predicted molar refractivity (Wildman–Crippen MR) is 59.6 cm³/mol. The summed E-state index contributed by atoms with van der Waals surface area (Å²) in [6.45, 7) is 2.22. The first kappa shape index (κ1) is 9.37. The average Bonchev–Trinajstić information content (AvgIpc) is 2.85. The van der Waals surface area contributed by atoms with Gasteiger partial charge in [0.25, 0.3) is 0 Å². The Morgan fingerprint density at radius 1 is 1.20 bits per heavy atom. The highest BCUT2D eigenvalue weighted by atomic mass is 16.3.